The summed E-state index contributed by atoms with van der Waals surface area (Å²) in [6.07, 6.45) is 0. The predicted molar refractivity (Wildman–Crippen MR) is 104 cm³/mol. The normalized spacial score (nSPS) is 11.0. The van der Waals surface area contributed by atoms with Crippen LogP contribution in [0.3, 0.4) is 0 Å². The fourth-order valence-electron chi connectivity index (χ4n) is 3.34. The van der Waals surface area contributed by atoms with Crippen LogP contribution in [-0.2, 0) is 4.74 Å². The SMILES string of the molecule is CCOC(=O)c1c(-c2cccc(OC)c2)c2[nH]c3ccccc3c2[nH]c1=O. The van der Waals surface area contributed by atoms with Crippen LogP contribution in [0.1, 0.15) is 17.3 Å². The number of hydrogen-bond acceptors (Lipinski definition) is 4. The Labute approximate surface area is 154 Å². The number of hydrogen-bond donors (Lipinski definition) is 2. The van der Waals surface area contributed by atoms with Gasteiger partial charge >= 0.3 is 5.97 Å². The molecule has 0 saturated heterocycles. The van der Waals surface area contributed by atoms with Gasteiger partial charge in [-0.2, -0.15) is 0 Å². The molecule has 2 heterocycles. The minimum absolute atomic E-state index is 0.0239. The number of aromatic amines is 2. The summed E-state index contributed by atoms with van der Waals surface area (Å²) in [6, 6.07) is 14.9. The first-order valence-electron chi connectivity index (χ1n) is 8.62. The number of methoxy groups -OCH3 is 1. The van der Waals surface area contributed by atoms with Crippen molar-refractivity contribution in [1.29, 1.82) is 0 Å². The van der Waals surface area contributed by atoms with Crippen LogP contribution in [0.25, 0.3) is 33.1 Å². The molecule has 27 heavy (non-hydrogen) atoms. The van der Waals surface area contributed by atoms with Crippen molar-refractivity contribution < 1.29 is 14.3 Å². The molecule has 6 nitrogen and oxygen atoms in total. The van der Waals surface area contributed by atoms with Gasteiger partial charge in [0.15, 0.2) is 0 Å². The van der Waals surface area contributed by atoms with Gasteiger partial charge in [-0.1, -0.05) is 30.3 Å². The van der Waals surface area contributed by atoms with Crippen molar-refractivity contribution in [2.75, 3.05) is 13.7 Å². The molecule has 0 unspecified atom stereocenters. The minimum Gasteiger partial charge on any atom is -0.497 e. The monoisotopic (exact) mass is 362 g/mol. The molecule has 0 spiro atoms. The number of aromatic nitrogens is 2. The lowest BCUT2D eigenvalue weighted by Gasteiger charge is -2.11. The van der Waals surface area contributed by atoms with Crippen molar-refractivity contribution in [2.45, 2.75) is 6.92 Å². The highest BCUT2D eigenvalue weighted by Crippen LogP contribution is 2.34. The number of H-pyrrole nitrogens is 2. The molecular formula is C21H18N2O4. The Morgan fingerprint density at radius 3 is 2.63 bits per heavy atom. The summed E-state index contributed by atoms with van der Waals surface area (Å²) in [6.45, 7) is 1.89. The van der Waals surface area contributed by atoms with E-state index in [0.717, 1.165) is 10.9 Å². The van der Waals surface area contributed by atoms with Crippen molar-refractivity contribution in [1.82, 2.24) is 9.97 Å². The van der Waals surface area contributed by atoms with Gasteiger partial charge in [0.1, 0.15) is 11.3 Å². The number of esters is 1. The number of benzene rings is 2. The van der Waals surface area contributed by atoms with Crippen molar-refractivity contribution in [3.8, 4) is 16.9 Å². The van der Waals surface area contributed by atoms with E-state index in [-0.39, 0.29) is 12.2 Å². The summed E-state index contributed by atoms with van der Waals surface area (Å²) in [5.74, 6) is -0.0241. The Bertz CT molecular complexity index is 1220. The zero-order valence-electron chi connectivity index (χ0n) is 15.0. The zero-order valence-corrected chi connectivity index (χ0v) is 15.0. The van der Waals surface area contributed by atoms with Crippen molar-refractivity contribution >= 4 is 27.9 Å². The minimum atomic E-state index is -0.655. The van der Waals surface area contributed by atoms with E-state index >= 15 is 0 Å². The molecule has 6 heteroatoms. The molecule has 2 N–H and O–H groups in total. The van der Waals surface area contributed by atoms with E-state index in [0.29, 0.717) is 27.9 Å². The van der Waals surface area contributed by atoms with Crippen molar-refractivity contribution in [2.24, 2.45) is 0 Å². The van der Waals surface area contributed by atoms with E-state index in [1.54, 1.807) is 20.1 Å². The molecule has 0 amide bonds. The van der Waals surface area contributed by atoms with E-state index in [2.05, 4.69) is 9.97 Å². The Morgan fingerprint density at radius 1 is 1.04 bits per heavy atom. The van der Waals surface area contributed by atoms with Gasteiger partial charge in [0, 0.05) is 16.5 Å². The third-order valence-electron chi connectivity index (χ3n) is 4.51. The maximum Gasteiger partial charge on any atom is 0.344 e. The van der Waals surface area contributed by atoms with Crippen molar-refractivity contribution in [3.63, 3.8) is 0 Å². The van der Waals surface area contributed by atoms with Gasteiger partial charge in [-0.15, -0.1) is 0 Å². The van der Waals surface area contributed by atoms with E-state index in [4.69, 9.17) is 9.47 Å². The summed E-state index contributed by atoms with van der Waals surface area (Å²) in [4.78, 5) is 31.6. The molecule has 4 rings (SSSR count). The maximum atomic E-state index is 12.8. The Hall–Kier alpha value is -3.54. The molecule has 0 aliphatic heterocycles. The fraction of sp³-hybridized carbons (Fsp3) is 0.143. The first-order valence-corrected chi connectivity index (χ1v) is 8.62. The van der Waals surface area contributed by atoms with Crippen LogP contribution in [0.2, 0.25) is 0 Å². The molecule has 4 aromatic rings. The lowest BCUT2D eigenvalue weighted by molar-refractivity contribution is 0.0525. The van der Waals surface area contributed by atoms with Gasteiger partial charge < -0.3 is 19.4 Å². The topological polar surface area (TPSA) is 84.2 Å². The first kappa shape index (κ1) is 16.9. The first-order chi connectivity index (χ1) is 13.1. The molecule has 0 atom stereocenters. The third-order valence-corrected chi connectivity index (χ3v) is 4.51. The molecule has 2 aromatic heterocycles. The molecule has 0 radical (unpaired) electrons. The maximum absolute atomic E-state index is 12.8. The quantitative estimate of drug-likeness (QED) is 0.540. The predicted octanol–water partition coefficient (Wildman–Crippen LogP) is 3.86. The van der Waals surface area contributed by atoms with Gasteiger partial charge in [-0.3, -0.25) is 4.79 Å². The van der Waals surface area contributed by atoms with Crippen LogP contribution < -0.4 is 10.3 Å². The summed E-state index contributed by atoms with van der Waals surface area (Å²) in [7, 11) is 1.57. The Balaban J connectivity index is 2.15. The second-order valence-corrected chi connectivity index (χ2v) is 6.08. The van der Waals surface area contributed by atoms with Crippen LogP contribution in [-0.4, -0.2) is 29.7 Å². The van der Waals surface area contributed by atoms with E-state index in [1.165, 1.54) is 0 Å². The number of para-hydroxylation sites is 1. The second-order valence-electron chi connectivity index (χ2n) is 6.08. The summed E-state index contributed by atoms with van der Waals surface area (Å²) < 4.78 is 10.5. The van der Waals surface area contributed by atoms with E-state index in [9.17, 15) is 9.59 Å². The van der Waals surface area contributed by atoms with Crippen LogP contribution in [0.4, 0.5) is 0 Å². The molecule has 2 aromatic carbocycles. The lowest BCUT2D eigenvalue weighted by atomic mass is 9.99. The highest BCUT2D eigenvalue weighted by atomic mass is 16.5. The van der Waals surface area contributed by atoms with Gasteiger partial charge in [0.25, 0.3) is 5.56 Å². The Kier molecular flexibility index (Phi) is 4.16. The van der Waals surface area contributed by atoms with Gasteiger partial charge in [-0.25, -0.2) is 4.79 Å². The van der Waals surface area contributed by atoms with E-state index in [1.807, 2.05) is 42.5 Å². The van der Waals surface area contributed by atoms with E-state index < -0.39 is 11.5 Å². The summed E-state index contributed by atoms with van der Waals surface area (Å²) in [5.41, 5.74) is 2.89. The number of pyridine rings is 1. The van der Waals surface area contributed by atoms with Crippen LogP contribution >= 0.6 is 0 Å². The molecule has 0 saturated carbocycles. The fourth-order valence-corrected chi connectivity index (χ4v) is 3.34. The third kappa shape index (κ3) is 2.75. The molecule has 0 aliphatic carbocycles. The highest BCUT2D eigenvalue weighted by molar-refractivity contribution is 6.13. The van der Waals surface area contributed by atoms with Crippen LogP contribution in [0.15, 0.2) is 53.3 Å². The summed E-state index contributed by atoms with van der Waals surface area (Å²) >= 11 is 0. The second kappa shape index (κ2) is 6.64. The number of carbonyl (C=O) groups excluding carboxylic acids is 1. The molecule has 0 fully saturated rings. The molecular weight excluding hydrogens is 344 g/mol. The van der Waals surface area contributed by atoms with Crippen molar-refractivity contribution in [3.05, 3.63) is 64.4 Å². The number of nitrogens with one attached hydrogen (secondary N) is 2. The standard InChI is InChI=1S/C21H18N2O4/c1-3-27-21(25)17-16(12-7-6-8-13(11-12)26-2)19-18(23-20(17)24)14-9-4-5-10-15(14)22-19/h4-11,22H,3H2,1-2H3,(H,23,24). The van der Waals surface area contributed by atoms with Gasteiger partial charge in [-0.05, 0) is 30.7 Å². The average molecular weight is 362 g/mol. The number of fused-ring (bicyclic) bond motifs is 3. The zero-order chi connectivity index (χ0) is 19.0. The lowest BCUT2D eigenvalue weighted by Crippen LogP contribution is -2.21. The number of rotatable bonds is 4. The smallest absolute Gasteiger partial charge is 0.344 e. The van der Waals surface area contributed by atoms with Crippen LogP contribution in [0.5, 0.6) is 5.75 Å². The summed E-state index contributed by atoms with van der Waals surface area (Å²) in [5, 5.41) is 0.879. The molecule has 136 valence electrons. The molecule has 0 aliphatic rings. The highest BCUT2D eigenvalue weighted by Gasteiger charge is 2.24. The molecule has 0 bridgehead atoms. The van der Waals surface area contributed by atoms with Crippen LogP contribution in [0, 0.1) is 0 Å². The number of ether oxygens (including phenoxy) is 2. The van der Waals surface area contributed by atoms with Gasteiger partial charge in [0.2, 0.25) is 0 Å². The number of carbonyl (C=O) groups is 1. The average Bonchev–Trinajstić information content (AvgIpc) is 3.05. The Morgan fingerprint density at radius 2 is 1.85 bits per heavy atom. The van der Waals surface area contributed by atoms with Gasteiger partial charge in [0.05, 0.1) is 24.8 Å². The largest absolute Gasteiger partial charge is 0.497 e.